The lowest BCUT2D eigenvalue weighted by Crippen LogP contribution is -2.35. The van der Waals surface area contributed by atoms with E-state index in [1.807, 2.05) is 0 Å². The van der Waals surface area contributed by atoms with Crippen molar-refractivity contribution in [3.05, 3.63) is 64.4 Å². The van der Waals surface area contributed by atoms with E-state index in [4.69, 9.17) is 37.5 Å². The van der Waals surface area contributed by atoms with Crippen LogP contribution in [0.3, 0.4) is 0 Å². The number of halogens is 7. The van der Waals surface area contributed by atoms with Gasteiger partial charge < -0.3 is 21.5 Å². The predicted molar refractivity (Wildman–Crippen MR) is 122 cm³/mol. The Morgan fingerprint density at radius 2 is 1.68 bits per heavy atom. The van der Waals surface area contributed by atoms with E-state index < -0.39 is 48.7 Å². The number of benzene rings is 2. The highest BCUT2D eigenvalue weighted by molar-refractivity contribution is 6.31. The fourth-order valence-corrected chi connectivity index (χ4v) is 2.69. The van der Waals surface area contributed by atoms with Crippen molar-refractivity contribution in [2.45, 2.75) is 18.5 Å². The molecule has 2 rings (SSSR count). The van der Waals surface area contributed by atoms with Crippen LogP contribution in [0, 0.1) is 11.2 Å². The van der Waals surface area contributed by atoms with Crippen LogP contribution in [0.4, 0.5) is 32.0 Å². The number of carboxylic acids is 1. The van der Waals surface area contributed by atoms with Gasteiger partial charge >= 0.3 is 12.1 Å². The van der Waals surface area contributed by atoms with Gasteiger partial charge in [-0.2, -0.15) is 22.0 Å². The maximum atomic E-state index is 14.8. The molecule has 0 aliphatic carbocycles. The Morgan fingerprint density at radius 3 is 2.22 bits per heavy atom. The van der Waals surface area contributed by atoms with Crippen molar-refractivity contribution in [2.24, 2.45) is 5.73 Å². The highest BCUT2D eigenvalue weighted by Gasteiger charge is 2.38. The van der Waals surface area contributed by atoms with Gasteiger partial charge in [0.2, 0.25) is 11.9 Å². The zero-order valence-corrected chi connectivity index (χ0v) is 19.5. The number of hydroxylamine groups is 1. The molecule has 7 N–H and O–H groups in total. The highest BCUT2D eigenvalue weighted by atomic mass is 35.5. The van der Waals surface area contributed by atoms with Gasteiger partial charge in [-0.1, -0.05) is 41.9 Å². The normalized spacial score (nSPS) is 11.1. The SMILES string of the molecule is N=C(N)NOCCNC(=O)Cc1c(Cl)ccc(NCC(F)(F)c2ccccc2)c1F.O=C(O)C(F)(F)F. The first-order chi connectivity index (χ1) is 17.1. The second kappa shape index (κ2) is 14.1. The van der Waals surface area contributed by atoms with E-state index >= 15 is 0 Å². The standard InChI is InChI=1S/C19H21ClF3N5O2.C2HF3O2/c20-14-6-7-15(27-11-19(22,23)12-4-2-1-3-5-12)17(21)13(14)10-16(29)26-8-9-30-28-18(24)25;3-2(4,5)1(6)7/h1-7,27H,8-11H2,(H,26,29)(H4,24,25,28);(H,6,7). The zero-order chi connectivity index (χ0) is 28.2. The molecule has 0 spiro atoms. The molecule has 204 valence electrons. The molecule has 0 atom stereocenters. The molecule has 0 aliphatic heterocycles. The Balaban J connectivity index is 0.000000856. The summed E-state index contributed by atoms with van der Waals surface area (Å²) in [5.74, 6) is -7.80. The Kier molecular flexibility index (Phi) is 12.0. The summed E-state index contributed by atoms with van der Waals surface area (Å²) >= 11 is 5.98. The number of alkyl halides is 5. The lowest BCUT2D eigenvalue weighted by molar-refractivity contribution is -0.192. The summed E-state index contributed by atoms with van der Waals surface area (Å²) in [6, 6.07) is 9.73. The molecule has 1 amide bonds. The fraction of sp³-hybridized carbons (Fsp3) is 0.286. The Hall–Kier alpha value is -3.72. The summed E-state index contributed by atoms with van der Waals surface area (Å²) < 4.78 is 75.1. The number of hydrogen-bond acceptors (Lipinski definition) is 5. The minimum absolute atomic E-state index is 0.00230. The Bertz CT molecular complexity index is 1070. The quantitative estimate of drug-likeness (QED) is 0.0862. The van der Waals surface area contributed by atoms with Crippen LogP contribution < -0.4 is 21.8 Å². The van der Waals surface area contributed by atoms with Crippen LogP contribution in [0.1, 0.15) is 11.1 Å². The summed E-state index contributed by atoms with van der Waals surface area (Å²) in [5.41, 5.74) is 6.60. The number of nitrogens with two attached hydrogens (primary N) is 1. The van der Waals surface area contributed by atoms with E-state index in [1.54, 1.807) is 6.07 Å². The molecule has 0 aromatic heterocycles. The smallest absolute Gasteiger partial charge is 0.475 e. The zero-order valence-electron chi connectivity index (χ0n) is 18.8. The molecule has 37 heavy (non-hydrogen) atoms. The van der Waals surface area contributed by atoms with Gasteiger partial charge in [-0.05, 0) is 12.1 Å². The lowest BCUT2D eigenvalue weighted by Gasteiger charge is -2.19. The number of amides is 1. The first-order valence-corrected chi connectivity index (χ1v) is 10.5. The molecule has 2 aromatic carbocycles. The van der Waals surface area contributed by atoms with Gasteiger partial charge in [0.25, 0.3) is 5.92 Å². The van der Waals surface area contributed by atoms with Gasteiger partial charge in [-0.15, -0.1) is 0 Å². The second-order valence-corrected chi connectivity index (χ2v) is 7.41. The molecule has 0 unspecified atom stereocenters. The Labute approximate surface area is 211 Å². The van der Waals surface area contributed by atoms with Crippen molar-refractivity contribution in [3.63, 3.8) is 0 Å². The van der Waals surface area contributed by atoms with Crippen LogP contribution in [0.25, 0.3) is 0 Å². The van der Waals surface area contributed by atoms with Crippen LogP contribution in [-0.2, 0) is 26.8 Å². The predicted octanol–water partition coefficient (Wildman–Crippen LogP) is 3.39. The van der Waals surface area contributed by atoms with Crippen LogP contribution in [0.15, 0.2) is 42.5 Å². The average molecular weight is 558 g/mol. The van der Waals surface area contributed by atoms with Crippen molar-refractivity contribution >= 4 is 35.1 Å². The third-order valence-electron chi connectivity index (χ3n) is 4.17. The summed E-state index contributed by atoms with van der Waals surface area (Å²) in [6.45, 7) is -0.751. The van der Waals surface area contributed by atoms with Crippen LogP contribution in [0.5, 0.6) is 0 Å². The van der Waals surface area contributed by atoms with Crippen molar-refractivity contribution in [1.82, 2.24) is 10.8 Å². The molecule has 0 fully saturated rings. The highest BCUT2D eigenvalue weighted by Crippen LogP contribution is 2.30. The number of hydrogen-bond donors (Lipinski definition) is 6. The molecular formula is C21H22ClF6N5O4. The second-order valence-electron chi connectivity index (χ2n) is 7.01. The van der Waals surface area contributed by atoms with Gasteiger partial charge in [0.15, 0.2) is 5.82 Å². The van der Waals surface area contributed by atoms with Gasteiger partial charge in [-0.3, -0.25) is 15.0 Å². The molecule has 0 saturated carbocycles. The number of rotatable bonds is 10. The van der Waals surface area contributed by atoms with Gasteiger partial charge in [0.1, 0.15) is 0 Å². The lowest BCUT2D eigenvalue weighted by atomic mass is 10.1. The van der Waals surface area contributed by atoms with E-state index in [-0.39, 0.29) is 35.0 Å². The van der Waals surface area contributed by atoms with E-state index in [0.717, 1.165) is 0 Å². The number of carboxylic acid groups (broad SMARTS) is 1. The number of nitrogens with one attached hydrogen (secondary N) is 4. The minimum Gasteiger partial charge on any atom is -0.475 e. The van der Waals surface area contributed by atoms with Crippen molar-refractivity contribution in [3.8, 4) is 0 Å². The molecule has 2 aromatic rings. The first-order valence-electron chi connectivity index (χ1n) is 10.1. The third-order valence-corrected chi connectivity index (χ3v) is 4.53. The molecule has 16 heteroatoms. The number of carbonyl (C=O) groups excluding carboxylic acids is 1. The van der Waals surface area contributed by atoms with Gasteiger partial charge in [0.05, 0.1) is 25.3 Å². The number of aliphatic carboxylic acids is 1. The molecule has 9 nitrogen and oxygen atoms in total. The summed E-state index contributed by atoms with van der Waals surface area (Å²) in [7, 11) is 0. The third kappa shape index (κ3) is 11.3. The molecule has 0 bridgehead atoms. The van der Waals surface area contributed by atoms with E-state index in [1.165, 1.54) is 36.4 Å². The van der Waals surface area contributed by atoms with Crippen LogP contribution in [-0.4, -0.2) is 48.8 Å². The molecule has 0 radical (unpaired) electrons. The first kappa shape index (κ1) is 31.3. The van der Waals surface area contributed by atoms with Crippen molar-refractivity contribution < 1.29 is 45.9 Å². The molecular weight excluding hydrogens is 536 g/mol. The van der Waals surface area contributed by atoms with Gasteiger partial charge in [-0.25, -0.2) is 14.7 Å². The largest absolute Gasteiger partial charge is 0.490 e. The van der Waals surface area contributed by atoms with E-state index in [0.29, 0.717) is 0 Å². The molecule has 0 saturated heterocycles. The molecule has 0 aliphatic rings. The van der Waals surface area contributed by atoms with Gasteiger partial charge in [0, 0.05) is 22.7 Å². The van der Waals surface area contributed by atoms with E-state index in [2.05, 4.69) is 16.1 Å². The fourth-order valence-electron chi connectivity index (χ4n) is 2.48. The van der Waals surface area contributed by atoms with Crippen LogP contribution >= 0.6 is 11.6 Å². The molecule has 0 heterocycles. The Morgan fingerprint density at radius 1 is 1.08 bits per heavy atom. The minimum atomic E-state index is -5.08. The number of carbonyl (C=O) groups is 2. The summed E-state index contributed by atoms with van der Waals surface area (Å²) in [4.78, 5) is 25.7. The summed E-state index contributed by atoms with van der Waals surface area (Å²) in [5, 5.41) is 18.9. The monoisotopic (exact) mass is 557 g/mol. The van der Waals surface area contributed by atoms with E-state index in [9.17, 15) is 31.1 Å². The maximum absolute atomic E-state index is 14.8. The van der Waals surface area contributed by atoms with Crippen molar-refractivity contribution in [1.29, 1.82) is 5.41 Å². The maximum Gasteiger partial charge on any atom is 0.490 e. The van der Waals surface area contributed by atoms with Crippen molar-refractivity contribution in [2.75, 3.05) is 25.0 Å². The average Bonchev–Trinajstić information content (AvgIpc) is 2.81. The number of anilines is 1. The number of guanidine groups is 1. The topological polar surface area (TPSA) is 150 Å². The summed E-state index contributed by atoms with van der Waals surface area (Å²) in [6.07, 6.45) is -5.48. The van der Waals surface area contributed by atoms with Crippen LogP contribution in [0.2, 0.25) is 5.02 Å².